The minimum atomic E-state index is 0.364. The van der Waals surface area contributed by atoms with Crippen molar-refractivity contribution in [1.29, 1.82) is 0 Å². The molecular formula is C12H21BrN4. The Labute approximate surface area is 111 Å². The Morgan fingerprint density at radius 1 is 1.65 bits per heavy atom. The molecular weight excluding hydrogens is 280 g/mol. The average Bonchev–Trinajstić information content (AvgIpc) is 2.97. The summed E-state index contributed by atoms with van der Waals surface area (Å²) in [6.45, 7) is 7.34. The van der Waals surface area contributed by atoms with Crippen LogP contribution in [0.4, 0.5) is 0 Å². The molecule has 0 aromatic carbocycles. The molecule has 1 saturated carbocycles. The van der Waals surface area contributed by atoms with E-state index < -0.39 is 0 Å². The minimum absolute atomic E-state index is 0.364. The zero-order chi connectivity index (χ0) is 12.6. The van der Waals surface area contributed by atoms with Gasteiger partial charge < -0.3 is 0 Å². The Morgan fingerprint density at radius 2 is 2.29 bits per heavy atom. The van der Waals surface area contributed by atoms with Gasteiger partial charge in [-0.2, -0.15) is 5.10 Å². The van der Waals surface area contributed by atoms with E-state index in [1.165, 1.54) is 12.1 Å². The molecule has 0 saturated heterocycles. The zero-order valence-corrected chi connectivity index (χ0v) is 12.3. The number of nitrogens with zero attached hydrogens (tertiary/aromatic N) is 2. The van der Waals surface area contributed by atoms with Crippen molar-refractivity contribution in [2.45, 2.75) is 46.2 Å². The lowest BCUT2D eigenvalue weighted by atomic mass is 10.1. The van der Waals surface area contributed by atoms with Crippen LogP contribution in [-0.4, -0.2) is 15.8 Å². The molecule has 4 nitrogen and oxygen atoms in total. The van der Waals surface area contributed by atoms with Gasteiger partial charge in [-0.15, -0.1) is 0 Å². The molecule has 1 heterocycles. The van der Waals surface area contributed by atoms with Gasteiger partial charge >= 0.3 is 0 Å². The Morgan fingerprint density at radius 3 is 2.76 bits per heavy atom. The number of hydrogen-bond donors (Lipinski definition) is 2. The van der Waals surface area contributed by atoms with Crippen LogP contribution in [0.25, 0.3) is 0 Å². The normalized spacial score (nSPS) is 25.0. The molecule has 0 bridgehead atoms. The first-order valence-corrected chi connectivity index (χ1v) is 7.05. The van der Waals surface area contributed by atoms with Crippen LogP contribution in [0, 0.1) is 18.8 Å². The molecule has 17 heavy (non-hydrogen) atoms. The smallest absolute Gasteiger partial charge is 0.0738 e. The van der Waals surface area contributed by atoms with Crippen molar-refractivity contribution in [2.24, 2.45) is 17.7 Å². The van der Waals surface area contributed by atoms with E-state index >= 15 is 0 Å². The monoisotopic (exact) mass is 300 g/mol. The number of hydrogen-bond acceptors (Lipinski definition) is 3. The second-order valence-corrected chi connectivity index (χ2v) is 5.81. The van der Waals surface area contributed by atoms with Gasteiger partial charge in [-0.1, -0.05) is 6.92 Å². The van der Waals surface area contributed by atoms with Crippen LogP contribution < -0.4 is 11.3 Å². The summed E-state index contributed by atoms with van der Waals surface area (Å²) in [5.41, 5.74) is 5.28. The molecule has 5 heteroatoms. The van der Waals surface area contributed by atoms with Crippen LogP contribution in [0.2, 0.25) is 0 Å². The van der Waals surface area contributed by atoms with E-state index in [9.17, 15) is 0 Å². The topological polar surface area (TPSA) is 55.9 Å². The highest BCUT2D eigenvalue weighted by Crippen LogP contribution is 2.41. The minimum Gasteiger partial charge on any atom is -0.271 e. The van der Waals surface area contributed by atoms with Crippen molar-refractivity contribution in [3.8, 4) is 0 Å². The molecule has 96 valence electrons. The number of rotatable bonds is 5. The third-order valence-electron chi connectivity index (χ3n) is 3.77. The highest BCUT2D eigenvalue weighted by atomic mass is 79.9. The highest BCUT2D eigenvalue weighted by molar-refractivity contribution is 9.10. The number of aromatic nitrogens is 2. The van der Waals surface area contributed by atoms with Crippen LogP contribution in [0.5, 0.6) is 0 Å². The number of aryl methyl sites for hydroxylation is 2. The van der Waals surface area contributed by atoms with E-state index in [1.807, 2.05) is 6.92 Å². The second-order valence-electron chi connectivity index (χ2n) is 5.02. The summed E-state index contributed by atoms with van der Waals surface area (Å²) < 4.78 is 3.20. The molecule has 0 amide bonds. The van der Waals surface area contributed by atoms with Gasteiger partial charge in [0.15, 0.2) is 0 Å². The maximum atomic E-state index is 5.68. The predicted octanol–water partition coefficient (Wildman–Crippen LogP) is 2.00. The first kappa shape index (κ1) is 13.1. The first-order chi connectivity index (χ1) is 8.08. The van der Waals surface area contributed by atoms with Gasteiger partial charge in [-0.25, -0.2) is 0 Å². The Balaban J connectivity index is 2.16. The fourth-order valence-electron chi connectivity index (χ4n) is 2.52. The highest BCUT2D eigenvalue weighted by Gasteiger charge is 2.39. The maximum absolute atomic E-state index is 5.68. The maximum Gasteiger partial charge on any atom is 0.0738 e. The van der Waals surface area contributed by atoms with Crippen LogP contribution in [0.1, 0.15) is 31.7 Å². The van der Waals surface area contributed by atoms with Gasteiger partial charge in [0.1, 0.15) is 0 Å². The van der Waals surface area contributed by atoms with Gasteiger partial charge in [0.25, 0.3) is 0 Å². The number of nitrogens with one attached hydrogen (secondary N) is 1. The zero-order valence-electron chi connectivity index (χ0n) is 10.7. The fourth-order valence-corrected chi connectivity index (χ4v) is 2.96. The summed E-state index contributed by atoms with van der Waals surface area (Å²) in [4.78, 5) is 0. The second kappa shape index (κ2) is 5.08. The standard InChI is InChI=1S/C12H21BrN4/c1-4-17-11(12(13)8(3)16-17)6-10(15-14)9-5-7(9)2/h7,9-10,15H,4-6,14H2,1-3H3. The average molecular weight is 301 g/mol. The molecule has 0 radical (unpaired) electrons. The van der Waals surface area contributed by atoms with Crippen molar-refractivity contribution in [1.82, 2.24) is 15.2 Å². The van der Waals surface area contributed by atoms with Crippen molar-refractivity contribution < 1.29 is 0 Å². The largest absolute Gasteiger partial charge is 0.271 e. The summed E-state index contributed by atoms with van der Waals surface area (Å²) in [5.74, 6) is 7.19. The van der Waals surface area contributed by atoms with Gasteiger partial charge in [0.2, 0.25) is 0 Å². The van der Waals surface area contributed by atoms with Crippen LogP contribution >= 0.6 is 15.9 Å². The lowest BCUT2D eigenvalue weighted by Gasteiger charge is -2.16. The van der Waals surface area contributed by atoms with E-state index in [4.69, 9.17) is 5.84 Å². The van der Waals surface area contributed by atoms with E-state index in [2.05, 4.69) is 45.0 Å². The third kappa shape index (κ3) is 2.56. The Kier molecular flexibility index (Phi) is 3.90. The van der Waals surface area contributed by atoms with Gasteiger partial charge in [-0.05, 0) is 48.0 Å². The van der Waals surface area contributed by atoms with Crippen molar-refractivity contribution in [2.75, 3.05) is 0 Å². The molecule has 2 rings (SSSR count). The van der Waals surface area contributed by atoms with Crippen LogP contribution in [0.3, 0.4) is 0 Å². The number of halogens is 1. The SMILES string of the molecule is CCn1nc(C)c(Br)c1CC(NN)C1CC1C. The molecule has 3 unspecified atom stereocenters. The lowest BCUT2D eigenvalue weighted by Crippen LogP contribution is -2.39. The van der Waals surface area contributed by atoms with Crippen molar-refractivity contribution in [3.05, 3.63) is 15.9 Å². The van der Waals surface area contributed by atoms with Crippen molar-refractivity contribution in [3.63, 3.8) is 0 Å². The first-order valence-electron chi connectivity index (χ1n) is 6.26. The summed E-state index contributed by atoms with van der Waals surface area (Å²) >= 11 is 3.63. The van der Waals surface area contributed by atoms with E-state index in [1.54, 1.807) is 0 Å². The quantitative estimate of drug-likeness (QED) is 0.646. The summed E-state index contributed by atoms with van der Waals surface area (Å²) in [5, 5.41) is 4.52. The Hall–Kier alpha value is -0.390. The van der Waals surface area contributed by atoms with E-state index in [-0.39, 0.29) is 0 Å². The van der Waals surface area contributed by atoms with Gasteiger partial charge in [0.05, 0.1) is 15.9 Å². The molecule has 3 atom stereocenters. The lowest BCUT2D eigenvalue weighted by molar-refractivity contribution is 0.438. The fraction of sp³-hybridized carbons (Fsp3) is 0.750. The van der Waals surface area contributed by atoms with Crippen molar-refractivity contribution >= 4 is 15.9 Å². The summed E-state index contributed by atoms with van der Waals surface area (Å²) in [6, 6.07) is 0.364. The molecule has 0 aliphatic heterocycles. The summed E-state index contributed by atoms with van der Waals surface area (Å²) in [7, 11) is 0. The van der Waals surface area contributed by atoms with E-state index in [0.29, 0.717) is 12.0 Å². The third-order valence-corrected chi connectivity index (χ3v) is 4.80. The molecule has 1 aliphatic carbocycles. The number of nitrogens with two attached hydrogens (primary N) is 1. The molecule has 1 aromatic rings. The molecule has 1 aromatic heterocycles. The molecule has 1 fully saturated rings. The van der Waals surface area contributed by atoms with E-state index in [0.717, 1.165) is 29.1 Å². The predicted molar refractivity (Wildman–Crippen MR) is 72.4 cm³/mol. The van der Waals surface area contributed by atoms with Gasteiger partial charge in [-0.3, -0.25) is 16.0 Å². The van der Waals surface area contributed by atoms with Crippen LogP contribution in [-0.2, 0) is 13.0 Å². The molecule has 0 spiro atoms. The van der Waals surface area contributed by atoms with Crippen LogP contribution in [0.15, 0.2) is 4.47 Å². The molecule has 1 aliphatic rings. The Bertz CT molecular complexity index is 401. The number of hydrazine groups is 1. The summed E-state index contributed by atoms with van der Waals surface area (Å²) in [6.07, 6.45) is 2.23. The van der Waals surface area contributed by atoms with Gasteiger partial charge in [0, 0.05) is 19.0 Å². The molecule has 3 N–H and O–H groups in total.